The quantitative estimate of drug-likeness (QED) is 0.719. The highest BCUT2D eigenvalue weighted by Gasteiger charge is 2.11. The topological polar surface area (TPSA) is 68.3 Å². The number of carbonyl (C=O) groups is 2. The zero-order valence-electron chi connectivity index (χ0n) is 12.4. The number of aromatic nitrogens is 1. The molecule has 3 rings (SSSR count). The Morgan fingerprint density at radius 3 is 2.96 bits per heavy atom. The van der Waals surface area contributed by atoms with Gasteiger partial charge in [-0.1, -0.05) is 23.5 Å². The third kappa shape index (κ3) is 4.14. The van der Waals surface area contributed by atoms with E-state index in [9.17, 15) is 9.59 Å². The van der Waals surface area contributed by atoms with E-state index in [-0.39, 0.29) is 18.9 Å². The average Bonchev–Trinajstić information content (AvgIpc) is 3.13. The summed E-state index contributed by atoms with van der Waals surface area (Å²) in [7, 11) is 0. The highest BCUT2D eigenvalue weighted by Crippen LogP contribution is 2.26. The van der Waals surface area contributed by atoms with Gasteiger partial charge < -0.3 is 4.74 Å². The van der Waals surface area contributed by atoms with Gasteiger partial charge in [0, 0.05) is 4.88 Å². The Morgan fingerprint density at radius 1 is 1.30 bits per heavy atom. The van der Waals surface area contributed by atoms with Gasteiger partial charge >= 0.3 is 5.97 Å². The molecule has 23 heavy (non-hydrogen) atoms. The van der Waals surface area contributed by atoms with Gasteiger partial charge in [0.15, 0.2) is 11.7 Å². The molecule has 3 aromatic rings. The summed E-state index contributed by atoms with van der Waals surface area (Å²) in [5.41, 5.74) is 1.98. The Balaban J connectivity index is 1.53. The van der Waals surface area contributed by atoms with E-state index < -0.39 is 5.97 Å². The van der Waals surface area contributed by atoms with Gasteiger partial charge in [0.1, 0.15) is 0 Å². The molecule has 0 atom stereocenters. The van der Waals surface area contributed by atoms with Crippen LogP contribution in [-0.4, -0.2) is 23.5 Å². The molecule has 2 aromatic heterocycles. The van der Waals surface area contributed by atoms with Gasteiger partial charge in [-0.2, -0.15) is 0 Å². The number of aryl methyl sites for hydroxylation is 1. The maximum Gasteiger partial charge on any atom is 0.311 e. The number of nitrogens with one attached hydrogen (secondary N) is 1. The predicted molar refractivity (Wildman–Crippen MR) is 92.0 cm³/mol. The summed E-state index contributed by atoms with van der Waals surface area (Å²) in [6.07, 6.45) is 0.186. The molecule has 7 heteroatoms. The number of hydrogen-bond acceptors (Lipinski definition) is 6. The third-order valence-electron chi connectivity index (χ3n) is 3.05. The molecule has 0 aliphatic carbocycles. The Morgan fingerprint density at radius 2 is 2.17 bits per heavy atom. The minimum Gasteiger partial charge on any atom is -0.455 e. The molecule has 118 valence electrons. The summed E-state index contributed by atoms with van der Waals surface area (Å²) in [5.74, 6) is -0.803. The van der Waals surface area contributed by atoms with E-state index in [2.05, 4.69) is 10.3 Å². The molecule has 0 aliphatic heterocycles. The second kappa shape index (κ2) is 6.89. The van der Waals surface area contributed by atoms with Crippen molar-refractivity contribution < 1.29 is 14.3 Å². The average molecular weight is 346 g/mol. The van der Waals surface area contributed by atoms with Gasteiger partial charge in [0.25, 0.3) is 5.91 Å². The molecular formula is C16H14N2O3S2. The highest BCUT2D eigenvalue weighted by molar-refractivity contribution is 7.22. The number of anilines is 1. The number of benzene rings is 1. The number of carbonyl (C=O) groups excluding carboxylic acids is 2. The van der Waals surface area contributed by atoms with Crippen LogP contribution in [0.25, 0.3) is 10.2 Å². The van der Waals surface area contributed by atoms with Gasteiger partial charge in [0.05, 0.1) is 16.6 Å². The van der Waals surface area contributed by atoms with Crippen molar-refractivity contribution in [1.29, 1.82) is 0 Å². The number of nitrogens with zero attached hydrogens (tertiary/aromatic N) is 1. The highest BCUT2D eigenvalue weighted by atomic mass is 32.1. The summed E-state index contributed by atoms with van der Waals surface area (Å²) < 4.78 is 5.98. The molecule has 0 unspecified atom stereocenters. The van der Waals surface area contributed by atoms with E-state index >= 15 is 0 Å². The van der Waals surface area contributed by atoms with Crippen LogP contribution in [0.15, 0.2) is 35.7 Å². The van der Waals surface area contributed by atoms with Crippen LogP contribution in [0, 0.1) is 6.92 Å². The molecule has 2 heterocycles. The first-order valence-corrected chi connectivity index (χ1v) is 8.65. The predicted octanol–water partition coefficient (Wildman–Crippen LogP) is 3.39. The number of fused-ring (bicyclic) bond motifs is 1. The Kier molecular flexibility index (Phi) is 4.68. The Hall–Kier alpha value is -2.25. The van der Waals surface area contributed by atoms with Crippen LogP contribution in [-0.2, 0) is 20.7 Å². The van der Waals surface area contributed by atoms with E-state index in [1.165, 1.54) is 22.7 Å². The molecule has 1 aromatic carbocycles. The van der Waals surface area contributed by atoms with Crippen LogP contribution < -0.4 is 5.32 Å². The molecule has 0 radical (unpaired) electrons. The van der Waals surface area contributed by atoms with Crippen molar-refractivity contribution in [3.8, 4) is 0 Å². The number of hydrogen-bond donors (Lipinski definition) is 1. The lowest BCUT2D eigenvalue weighted by atomic mass is 10.2. The van der Waals surface area contributed by atoms with Crippen molar-refractivity contribution in [1.82, 2.24) is 4.98 Å². The van der Waals surface area contributed by atoms with Crippen molar-refractivity contribution in [2.75, 3.05) is 11.9 Å². The van der Waals surface area contributed by atoms with Crippen LogP contribution in [0.2, 0.25) is 0 Å². The monoisotopic (exact) mass is 346 g/mol. The number of esters is 1. The zero-order valence-corrected chi connectivity index (χ0v) is 14.0. The minimum atomic E-state index is -0.414. The molecule has 0 saturated heterocycles. The van der Waals surface area contributed by atoms with E-state index in [4.69, 9.17) is 4.74 Å². The Bertz CT molecular complexity index is 840. The van der Waals surface area contributed by atoms with Crippen LogP contribution in [0.3, 0.4) is 0 Å². The molecule has 0 spiro atoms. The maximum absolute atomic E-state index is 11.8. The largest absolute Gasteiger partial charge is 0.455 e. The Labute approximate surface area is 140 Å². The van der Waals surface area contributed by atoms with Gasteiger partial charge in [-0.25, -0.2) is 4.98 Å². The van der Waals surface area contributed by atoms with Crippen LogP contribution in [0.4, 0.5) is 5.13 Å². The SMILES string of the molecule is Cc1ccc2nc(NC(=O)COC(=O)Cc3cccs3)sc2c1. The van der Waals surface area contributed by atoms with E-state index in [0.717, 1.165) is 20.7 Å². The fourth-order valence-corrected chi connectivity index (χ4v) is 3.66. The summed E-state index contributed by atoms with van der Waals surface area (Å²) in [4.78, 5) is 28.7. The van der Waals surface area contributed by atoms with E-state index in [1.807, 2.05) is 42.6 Å². The number of amides is 1. The van der Waals surface area contributed by atoms with Gasteiger partial charge in [-0.15, -0.1) is 11.3 Å². The molecular weight excluding hydrogens is 332 g/mol. The summed E-state index contributed by atoms with van der Waals surface area (Å²) in [5, 5.41) is 5.06. The number of thiazole rings is 1. The van der Waals surface area contributed by atoms with Crippen molar-refractivity contribution in [2.45, 2.75) is 13.3 Å². The minimum absolute atomic E-state index is 0.186. The molecule has 0 aliphatic rings. The van der Waals surface area contributed by atoms with Gasteiger partial charge in [-0.05, 0) is 36.1 Å². The fraction of sp³-hybridized carbons (Fsp3) is 0.188. The van der Waals surface area contributed by atoms with Crippen molar-refractivity contribution in [3.05, 3.63) is 46.2 Å². The maximum atomic E-state index is 11.8. The first-order chi connectivity index (χ1) is 11.1. The standard InChI is InChI=1S/C16H14N2O3S2/c1-10-4-5-12-13(7-10)23-16(17-12)18-14(19)9-21-15(20)8-11-3-2-6-22-11/h2-7H,8-9H2,1H3,(H,17,18,19). The fourth-order valence-electron chi connectivity index (χ4n) is 1.99. The van der Waals surface area contributed by atoms with Gasteiger partial charge in [0.2, 0.25) is 0 Å². The van der Waals surface area contributed by atoms with Crippen LogP contribution in [0.5, 0.6) is 0 Å². The second-order valence-corrected chi connectivity index (χ2v) is 7.02. The third-order valence-corrected chi connectivity index (χ3v) is 4.86. The number of rotatable bonds is 5. The molecule has 0 saturated carbocycles. The van der Waals surface area contributed by atoms with Crippen molar-refractivity contribution >= 4 is 49.9 Å². The van der Waals surface area contributed by atoms with Crippen LogP contribution >= 0.6 is 22.7 Å². The van der Waals surface area contributed by atoms with Gasteiger partial charge in [-0.3, -0.25) is 14.9 Å². The lowest BCUT2D eigenvalue weighted by molar-refractivity contribution is -0.146. The normalized spacial score (nSPS) is 10.7. The first kappa shape index (κ1) is 15.6. The van der Waals surface area contributed by atoms with E-state index in [0.29, 0.717) is 5.13 Å². The summed E-state index contributed by atoms with van der Waals surface area (Å²) in [6, 6.07) is 9.63. The molecule has 0 bridgehead atoms. The molecule has 1 N–H and O–H groups in total. The second-order valence-electron chi connectivity index (χ2n) is 4.96. The summed E-state index contributed by atoms with van der Waals surface area (Å²) >= 11 is 2.88. The first-order valence-electron chi connectivity index (χ1n) is 6.95. The number of ether oxygens (including phenoxy) is 1. The zero-order chi connectivity index (χ0) is 16.2. The molecule has 1 amide bonds. The lowest BCUT2D eigenvalue weighted by Gasteiger charge is -2.03. The number of thiophene rings is 1. The smallest absolute Gasteiger partial charge is 0.311 e. The van der Waals surface area contributed by atoms with Crippen molar-refractivity contribution in [3.63, 3.8) is 0 Å². The van der Waals surface area contributed by atoms with E-state index in [1.54, 1.807) is 0 Å². The van der Waals surface area contributed by atoms with Crippen LogP contribution in [0.1, 0.15) is 10.4 Å². The molecule has 0 fully saturated rings. The summed E-state index contributed by atoms with van der Waals surface area (Å²) in [6.45, 7) is 1.70. The molecule has 5 nitrogen and oxygen atoms in total. The van der Waals surface area contributed by atoms with Crippen molar-refractivity contribution in [2.24, 2.45) is 0 Å². The lowest BCUT2D eigenvalue weighted by Crippen LogP contribution is -2.21.